The molecule has 2 rings (SSSR count). The second kappa shape index (κ2) is 3.60. The maximum absolute atomic E-state index is 4.32. The zero-order valence-electron chi connectivity index (χ0n) is 7.82. The van der Waals surface area contributed by atoms with Gasteiger partial charge >= 0.3 is 0 Å². The number of anilines is 1. The molecular formula is C9H14N4. The van der Waals surface area contributed by atoms with Gasteiger partial charge in [-0.2, -0.15) is 10.2 Å². The Kier molecular flexibility index (Phi) is 2.29. The van der Waals surface area contributed by atoms with Gasteiger partial charge in [0.2, 0.25) is 0 Å². The molecule has 0 unspecified atom stereocenters. The molecular weight excluding hydrogens is 164 g/mol. The first-order chi connectivity index (χ1) is 6.34. The van der Waals surface area contributed by atoms with Crippen LogP contribution in [0.5, 0.6) is 0 Å². The molecule has 1 aliphatic rings. The Labute approximate surface area is 77.6 Å². The molecule has 70 valence electrons. The van der Waals surface area contributed by atoms with E-state index in [4.69, 9.17) is 0 Å². The molecule has 0 radical (unpaired) electrons. The summed E-state index contributed by atoms with van der Waals surface area (Å²) < 4.78 is 1.76. The van der Waals surface area contributed by atoms with Crippen LogP contribution < -0.4 is 5.43 Å². The van der Waals surface area contributed by atoms with Gasteiger partial charge in [-0.05, 0) is 25.7 Å². The summed E-state index contributed by atoms with van der Waals surface area (Å²) in [4.78, 5) is 0. The van der Waals surface area contributed by atoms with Crippen molar-refractivity contribution in [1.29, 1.82) is 0 Å². The van der Waals surface area contributed by atoms with E-state index in [-0.39, 0.29) is 0 Å². The van der Waals surface area contributed by atoms with Gasteiger partial charge in [0.15, 0.2) is 0 Å². The summed E-state index contributed by atoms with van der Waals surface area (Å²) in [7, 11) is 1.90. The monoisotopic (exact) mass is 178 g/mol. The Morgan fingerprint density at radius 3 is 2.85 bits per heavy atom. The van der Waals surface area contributed by atoms with Crippen LogP contribution in [0.15, 0.2) is 17.5 Å². The minimum Gasteiger partial charge on any atom is -0.275 e. The standard InChI is InChI=1S/C9H14N4/c1-13-7-9(6-10-13)12-11-8-4-2-3-5-8/h6-7,12H,2-5H2,1H3. The summed E-state index contributed by atoms with van der Waals surface area (Å²) >= 11 is 0. The highest BCUT2D eigenvalue weighted by molar-refractivity contribution is 5.86. The first-order valence-corrected chi connectivity index (χ1v) is 4.65. The molecule has 0 aliphatic heterocycles. The van der Waals surface area contributed by atoms with Gasteiger partial charge in [-0.15, -0.1) is 0 Å². The lowest BCUT2D eigenvalue weighted by Gasteiger charge is -1.96. The summed E-state index contributed by atoms with van der Waals surface area (Å²) in [5.74, 6) is 0. The van der Waals surface area contributed by atoms with Gasteiger partial charge in [0.05, 0.1) is 11.9 Å². The average Bonchev–Trinajstić information content (AvgIpc) is 2.71. The summed E-state index contributed by atoms with van der Waals surface area (Å²) in [6.07, 6.45) is 8.56. The summed E-state index contributed by atoms with van der Waals surface area (Å²) in [6, 6.07) is 0. The summed E-state index contributed by atoms with van der Waals surface area (Å²) in [5, 5.41) is 8.37. The zero-order valence-corrected chi connectivity index (χ0v) is 7.82. The SMILES string of the molecule is Cn1cc(NN=C2CCCC2)cn1. The Morgan fingerprint density at radius 2 is 2.23 bits per heavy atom. The molecule has 1 fully saturated rings. The van der Waals surface area contributed by atoms with Crippen LogP contribution in [-0.2, 0) is 7.05 Å². The summed E-state index contributed by atoms with van der Waals surface area (Å²) in [5.41, 5.74) is 5.25. The lowest BCUT2D eigenvalue weighted by Crippen LogP contribution is -1.95. The maximum Gasteiger partial charge on any atom is 0.0941 e. The van der Waals surface area contributed by atoms with E-state index >= 15 is 0 Å². The topological polar surface area (TPSA) is 42.2 Å². The van der Waals surface area contributed by atoms with Gasteiger partial charge in [0.1, 0.15) is 0 Å². The van der Waals surface area contributed by atoms with Crippen LogP contribution >= 0.6 is 0 Å². The van der Waals surface area contributed by atoms with Crippen LogP contribution in [0.2, 0.25) is 0 Å². The van der Waals surface area contributed by atoms with Crippen molar-refractivity contribution in [2.24, 2.45) is 12.1 Å². The van der Waals surface area contributed by atoms with Crippen LogP contribution in [0.4, 0.5) is 5.69 Å². The Morgan fingerprint density at radius 1 is 1.46 bits per heavy atom. The molecule has 13 heavy (non-hydrogen) atoms. The van der Waals surface area contributed by atoms with E-state index in [1.54, 1.807) is 10.9 Å². The predicted octanol–water partition coefficient (Wildman–Crippen LogP) is 1.76. The van der Waals surface area contributed by atoms with Crippen molar-refractivity contribution in [3.05, 3.63) is 12.4 Å². The molecule has 1 aromatic heterocycles. The number of nitrogens with zero attached hydrogens (tertiary/aromatic N) is 3. The highest BCUT2D eigenvalue weighted by atomic mass is 15.3. The van der Waals surface area contributed by atoms with Crippen LogP contribution in [0.1, 0.15) is 25.7 Å². The largest absolute Gasteiger partial charge is 0.275 e. The second-order valence-electron chi connectivity index (χ2n) is 3.40. The summed E-state index contributed by atoms with van der Waals surface area (Å²) in [6.45, 7) is 0. The number of nitrogens with one attached hydrogen (secondary N) is 1. The van der Waals surface area contributed by atoms with Gasteiger partial charge < -0.3 is 0 Å². The van der Waals surface area contributed by atoms with Gasteiger partial charge in [0.25, 0.3) is 0 Å². The van der Waals surface area contributed by atoms with E-state index in [2.05, 4.69) is 15.6 Å². The van der Waals surface area contributed by atoms with Crippen molar-refractivity contribution in [3.63, 3.8) is 0 Å². The van der Waals surface area contributed by atoms with E-state index in [1.807, 2.05) is 13.2 Å². The van der Waals surface area contributed by atoms with Crippen molar-refractivity contribution in [2.45, 2.75) is 25.7 Å². The molecule has 1 aliphatic carbocycles. The van der Waals surface area contributed by atoms with Crippen molar-refractivity contribution >= 4 is 11.4 Å². The third-order valence-corrected chi connectivity index (χ3v) is 2.23. The molecule has 0 atom stereocenters. The fourth-order valence-electron chi connectivity index (χ4n) is 1.52. The molecule has 0 aromatic carbocycles. The molecule has 0 bridgehead atoms. The van der Waals surface area contributed by atoms with E-state index in [0.29, 0.717) is 0 Å². The number of hydrazone groups is 1. The lowest BCUT2D eigenvalue weighted by molar-refractivity contribution is 0.768. The van der Waals surface area contributed by atoms with Crippen LogP contribution in [0.25, 0.3) is 0 Å². The lowest BCUT2D eigenvalue weighted by atomic mass is 10.3. The van der Waals surface area contributed by atoms with E-state index in [1.165, 1.54) is 18.6 Å². The van der Waals surface area contributed by atoms with Gasteiger partial charge in [-0.3, -0.25) is 10.1 Å². The van der Waals surface area contributed by atoms with Crippen molar-refractivity contribution < 1.29 is 0 Å². The first kappa shape index (κ1) is 8.29. The molecule has 0 amide bonds. The Hall–Kier alpha value is -1.32. The molecule has 1 saturated carbocycles. The first-order valence-electron chi connectivity index (χ1n) is 4.65. The quantitative estimate of drug-likeness (QED) is 0.701. The fraction of sp³-hybridized carbons (Fsp3) is 0.556. The number of rotatable bonds is 2. The van der Waals surface area contributed by atoms with Crippen molar-refractivity contribution in [3.8, 4) is 0 Å². The minimum atomic E-state index is 0.960. The number of aromatic nitrogens is 2. The van der Waals surface area contributed by atoms with Crippen molar-refractivity contribution in [1.82, 2.24) is 9.78 Å². The fourth-order valence-corrected chi connectivity index (χ4v) is 1.52. The number of hydrogen-bond donors (Lipinski definition) is 1. The Balaban J connectivity index is 1.95. The van der Waals surface area contributed by atoms with Gasteiger partial charge in [0, 0.05) is 19.0 Å². The van der Waals surface area contributed by atoms with Gasteiger partial charge in [-0.1, -0.05) is 0 Å². The van der Waals surface area contributed by atoms with E-state index < -0.39 is 0 Å². The molecule has 1 N–H and O–H groups in total. The molecule has 0 spiro atoms. The number of aryl methyl sites for hydroxylation is 1. The highest BCUT2D eigenvalue weighted by Gasteiger charge is 2.07. The molecule has 1 aromatic rings. The predicted molar refractivity (Wildman–Crippen MR) is 52.7 cm³/mol. The second-order valence-corrected chi connectivity index (χ2v) is 3.40. The third-order valence-electron chi connectivity index (χ3n) is 2.23. The molecule has 4 nitrogen and oxygen atoms in total. The minimum absolute atomic E-state index is 0.960. The van der Waals surface area contributed by atoms with Crippen molar-refractivity contribution in [2.75, 3.05) is 5.43 Å². The zero-order chi connectivity index (χ0) is 9.10. The van der Waals surface area contributed by atoms with Crippen LogP contribution in [0.3, 0.4) is 0 Å². The molecule has 0 saturated heterocycles. The van der Waals surface area contributed by atoms with E-state index in [9.17, 15) is 0 Å². The van der Waals surface area contributed by atoms with E-state index in [0.717, 1.165) is 18.5 Å². The normalized spacial score (nSPS) is 16.2. The average molecular weight is 178 g/mol. The number of hydrogen-bond acceptors (Lipinski definition) is 3. The highest BCUT2D eigenvalue weighted by Crippen LogP contribution is 2.15. The Bertz CT molecular complexity index is 305. The molecule has 1 heterocycles. The third kappa shape index (κ3) is 2.08. The maximum atomic E-state index is 4.32. The van der Waals surface area contributed by atoms with Gasteiger partial charge in [-0.25, -0.2) is 0 Å². The van der Waals surface area contributed by atoms with Crippen LogP contribution in [0, 0.1) is 0 Å². The van der Waals surface area contributed by atoms with Crippen LogP contribution in [-0.4, -0.2) is 15.5 Å². The molecule has 4 heteroatoms. The smallest absolute Gasteiger partial charge is 0.0941 e.